The van der Waals surface area contributed by atoms with E-state index in [-0.39, 0.29) is 11.3 Å². The summed E-state index contributed by atoms with van der Waals surface area (Å²) in [5.74, 6) is 0.509. The molecule has 3 heterocycles. The van der Waals surface area contributed by atoms with Gasteiger partial charge < -0.3 is 9.64 Å². The van der Waals surface area contributed by atoms with Crippen LogP contribution in [-0.4, -0.2) is 50.4 Å². The van der Waals surface area contributed by atoms with Gasteiger partial charge in [0.2, 0.25) is 0 Å². The van der Waals surface area contributed by atoms with Gasteiger partial charge >= 0.3 is 6.01 Å². The molecule has 2 aromatic heterocycles. The van der Waals surface area contributed by atoms with Gasteiger partial charge in [-0.15, -0.1) is 0 Å². The second-order valence-electron chi connectivity index (χ2n) is 8.23. The van der Waals surface area contributed by atoms with Crippen LogP contribution < -0.4 is 4.74 Å². The number of aromatic nitrogens is 4. The average Bonchev–Trinajstić information content (AvgIpc) is 3.30. The Labute approximate surface area is 169 Å². The van der Waals surface area contributed by atoms with Crippen molar-refractivity contribution < 1.29 is 9.53 Å². The number of carbonyl (C=O) groups is 1. The van der Waals surface area contributed by atoms with E-state index in [2.05, 4.69) is 19.9 Å². The highest BCUT2D eigenvalue weighted by Crippen LogP contribution is 2.49. The fourth-order valence-corrected chi connectivity index (χ4v) is 4.75. The molecule has 29 heavy (non-hydrogen) atoms. The van der Waals surface area contributed by atoms with Crippen molar-refractivity contribution in [3.05, 3.63) is 54.1 Å². The molecule has 1 aliphatic heterocycles. The molecule has 0 bridgehead atoms. The van der Waals surface area contributed by atoms with Gasteiger partial charge in [0.25, 0.3) is 5.91 Å². The summed E-state index contributed by atoms with van der Waals surface area (Å²) in [5.41, 5.74) is 3.20. The van der Waals surface area contributed by atoms with Crippen molar-refractivity contribution in [2.24, 2.45) is 11.3 Å². The highest BCUT2D eigenvalue weighted by atomic mass is 16.5. The molecule has 0 spiro atoms. The molecule has 3 aromatic rings. The van der Waals surface area contributed by atoms with E-state index in [4.69, 9.17) is 4.74 Å². The normalized spacial score (nSPS) is 23.3. The molecular weight excluding hydrogens is 366 g/mol. The van der Waals surface area contributed by atoms with Crippen LogP contribution in [0.15, 0.2) is 43.0 Å². The van der Waals surface area contributed by atoms with Crippen molar-refractivity contribution in [2.45, 2.75) is 26.2 Å². The molecule has 1 amide bonds. The van der Waals surface area contributed by atoms with Crippen LogP contribution in [0.3, 0.4) is 0 Å². The van der Waals surface area contributed by atoms with Crippen LogP contribution in [0.25, 0.3) is 11.0 Å². The van der Waals surface area contributed by atoms with Gasteiger partial charge in [-0.05, 0) is 49.4 Å². The first kappa shape index (κ1) is 18.0. The minimum atomic E-state index is -0.0133. The third-order valence-corrected chi connectivity index (χ3v) is 6.29. The van der Waals surface area contributed by atoms with Crippen LogP contribution in [0.2, 0.25) is 0 Å². The molecule has 148 valence electrons. The summed E-state index contributed by atoms with van der Waals surface area (Å²) in [6, 6.07) is 5.95. The molecule has 2 unspecified atom stereocenters. The number of amides is 1. The summed E-state index contributed by atoms with van der Waals surface area (Å²) in [5, 5.41) is 0. The lowest BCUT2D eigenvalue weighted by atomic mass is 9.82. The van der Waals surface area contributed by atoms with Crippen molar-refractivity contribution in [2.75, 3.05) is 19.7 Å². The first-order chi connectivity index (χ1) is 14.1. The Balaban J connectivity index is 1.33. The molecule has 1 aliphatic carbocycles. The van der Waals surface area contributed by atoms with Crippen LogP contribution in [0.1, 0.15) is 35.2 Å². The molecule has 1 saturated carbocycles. The number of benzene rings is 1. The van der Waals surface area contributed by atoms with Gasteiger partial charge in [-0.2, -0.15) is 0 Å². The monoisotopic (exact) mass is 389 g/mol. The Morgan fingerprint density at radius 2 is 1.97 bits per heavy atom. The van der Waals surface area contributed by atoms with E-state index >= 15 is 0 Å². The van der Waals surface area contributed by atoms with E-state index in [0.29, 0.717) is 30.6 Å². The molecule has 2 aliphatic rings. The molecule has 7 heteroatoms. The minimum Gasteiger partial charge on any atom is -0.463 e. The zero-order valence-electron chi connectivity index (χ0n) is 16.4. The maximum Gasteiger partial charge on any atom is 0.316 e. The van der Waals surface area contributed by atoms with E-state index in [1.807, 2.05) is 30.0 Å². The highest BCUT2D eigenvalue weighted by Gasteiger charge is 2.51. The summed E-state index contributed by atoms with van der Waals surface area (Å²) >= 11 is 0. The third kappa shape index (κ3) is 3.30. The number of rotatable bonds is 4. The van der Waals surface area contributed by atoms with Crippen LogP contribution in [0, 0.1) is 18.3 Å². The second kappa shape index (κ2) is 7.06. The van der Waals surface area contributed by atoms with Crippen molar-refractivity contribution in [1.29, 1.82) is 0 Å². The van der Waals surface area contributed by atoms with E-state index in [9.17, 15) is 4.79 Å². The van der Waals surface area contributed by atoms with E-state index in [1.54, 1.807) is 24.8 Å². The van der Waals surface area contributed by atoms with Crippen LogP contribution in [0.4, 0.5) is 0 Å². The number of hydrogen-bond acceptors (Lipinski definition) is 6. The number of aryl methyl sites for hydroxylation is 1. The Morgan fingerprint density at radius 3 is 2.79 bits per heavy atom. The van der Waals surface area contributed by atoms with Crippen molar-refractivity contribution in [1.82, 2.24) is 24.8 Å². The molecule has 7 nitrogen and oxygen atoms in total. The predicted molar refractivity (Wildman–Crippen MR) is 107 cm³/mol. The number of nitrogens with zero attached hydrogens (tertiary/aromatic N) is 5. The second-order valence-corrected chi connectivity index (χ2v) is 8.23. The predicted octanol–water partition coefficient (Wildman–Crippen LogP) is 3.05. The maximum absolute atomic E-state index is 13.2. The smallest absolute Gasteiger partial charge is 0.316 e. The summed E-state index contributed by atoms with van der Waals surface area (Å²) in [7, 11) is 0. The zero-order valence-corrected chi connectivity index (χ0v) is 16.4. The number of fused-ring (bicyclic) bond motifs is 2. The van der Waals surface area contributed by atoms with E-state index < -0.39 is 0 Å². The van der Waals surface area contributed by atoms with Gasteiger partial charge in [0.15, 0.2) is 0 Å². The molecule has 1 saturated heterocycles. The molecular formula is C22H23N5O2. The molecule has 0 radical (unpaired) electrons. The van der Waals surface area contributed by atoms with Gasteiger partial charge in [-0.3, -0.25) is 14.8 Å². The van der Waals surface area contributed by atoms with E-state index in [0.717, 1.165) is 36.0 Å². The Morgan fingerprint density at radius 1 is 1.17 bits per heavy atom. The molecule has 2 atom stereocenters. The fraction of sp³-hybridized carbons (Fsp3) is 0.409. The van der Waals surface area contributed by atoms with Crippen molar-refractivity contribution >= 4 is 16.9 Å². The van der Waals surface area contributed by atoms with Gasteiger partial charge in [0, 0.05) is 48.9 Å². The van der Waals surface area contributed by atoms with Gasteiger partial charge in [-0.25, -0.2) is 9.97 Å². The number of likely N-dealkylation sites (tertiary alicyclic amines) is 1. The standard InChI is InChI=1S/C22H23N5O2/c1-15-10-25-21(26-11-15)29-14-22-6-2-3-17(22)12-27(13-22)20(28)16-4-5-18-19(9-16)24-8-7-23-18/h4-5,7-11,17H,2-3,6,12-14H2,1H3. The topological polar surface area (TPSA) is 81.1 Å². The highest BCUT2D eigenvalue weighted by molar-refractivity contribution is 5.97. The van der Waals surface area contributed by atoms with Gasteiger partial charge in [-0.1, -0.05) is 6.42 Å². The maximum atomic E-state index is 13.2. The quantitative estimate of drug-likeness (QED) is 0.682. The van der Waals surface area contributed by atoms with Crippen LogP contribution >= 0.6 is 0 Å². The summed E-state index contributed by atoms with van der Waals surface area (Å²) in [6.45, 7) is 3.98. The van der Waals surface area contributed by atoms with Crippen LogP contribution in [-0.2, 0) is 0 Å². The fourth-order valence-electron chi connectivity index (χ4n) is 4.75. The molecule has 5 rings (SSSR count). The summed E-state index contributed by atoms with van der Waals surface area (Å²) in [6.07, 6.45) is 10.2. The molecule has 2 fully saturated rings. The largest absolute Gasteiger partial charge is 0.463 e. The average molecular weight is 389 g/mol. The lowest BCUT2D eigenvalue weighted by Gasteiger charge is -2.28. The first-order valence-corrected chi connectivity index (χ1v) is 10.0. The Bertz CT molecular complexity index is 1050. The number of hydrogen-bond donors (Lipinski definition) is 0. The number of carbonyl (C=O) groups excluding carboxylic acids is 1. The summed E-state index contributed by atoms with van der Waals surface area (Å²) < 4.78 is 5.96. The van der Waals surface area contributed by atoms with Gasteiger partial charge in [0.1, 0.15) is 0 Å². The molecule has 0 N–H and O–H groups in total. The SMILES string of the molecule is Cc1cnc(OCC23CCCC2CN(C(=O)c2ccc4nccnc4c2)C3)nc1. The van der Waals surface area contributed by atoms with Crippen molar-refractivity contribution in [3.63, 3.8) is 0 Å². The van der Waals surface area contributed by atoms with E-state index in [1.165, 1.54) is 6.42 Å². The Hall–Kier alpha value is -3.09. The van der Waals surface area contributed by atoms with Gasteiger partial charge in [0.05, 0.1) is 17.6 Å². The lowest BCUT2D eigenvalue weighted by molar-refractivity contribution is 0.0742. The number of ether oxygens (including phenoxy) is 1. The Kier molecular flexibility index (Phi) is 4.38. The lowest BCUT2D eigenvalue weighted by Crippen LogP contribution is -2.35. The third-order valence-electron chi connectivity index (χ3n) is 6.29. The minimum absolute atomic E-state index is 0.0133. The zero-order chi connectivity index (χ0) is 19.8. The van der Waals surface area contributed by atoms with Crippen molar-refractivity contribution in [3.8, 4) is 6.01 Å². The van der Waals surface area contributed by atoms with Crippen LogP contribution in [0.5, 0.6) is 6.01 Å². The molecule has 1 aromatic carbocycles. The first-order valence-electron chi connectivity index (χ1n) is 10.0. The summed E-state index contributed by atoms with van der Waals surface area (Å²) in [4.78, 5) is 32.3.